The fourth-order valence-corrected chi connectivity index (χ4v) is 1.99. The lowest BCUT2D eigenvalue weighted by atomic mass is 10.2. The van der Waals surface area contributed by atoms with Crippen molar-refractivity contribution >= 4 is 10.9 Å². The SMILES string of the molecule is CCC(C)n1cc(C(F)(F)F)c2ccccc21. The first-order chi connectivity index (χ1) is 7.95. The van der Waals surface area contributed by atoms with Gasteiger partial charge in [0, 0.05) is 23.1 Å². The second-order valence-electron chi connectivity index (χ2n) is 4.22. The molecule has 0 radical (unpaired) electrons. The van der Waals surface area contributed by atoms with Gasteiger partial charge in [-0.2, -0.15) is 13.2 Å². The molecule has 0 aliphatic heterocycles. The van der Waals surface area contributed by atoms with Crippen molar-refractivity contribution in [3.05, 3.63) is 36.0 Å². The molecule has 1 aromatic heterocycles. The van der Waals surface area contributed by atoms with E-state index in [0.29, 0.717) is 5.52 Å². The van der Waals surface area contributed by atoms with E-state index in [1.54, 1.807) is 22.8 Å². The first-order valence-corrected chi connectivity index (χ1v) is 5.62. The second-order valence-corrected chi connectivity index (χ2v) is 4.22. The molecule has 0 aliphatic carbocycles. The lowest BCUT2D eigenvalue weighted by Crippen LogP contribution is -2.05. The smallest absolute Gasteiger partial charge is 0.344 e. The zero-order valence-electron chi connectivity index (χ0n) is 9.75. The molecular formula is C13H14F3N. The summed E-state index contributed by atoms with van der Waals surface area (Å²) in [7, 11) is 0. The van der Waals surface area contributed by atoms with E-state index >= 15 is 0 Å². The Hall–Kier alpha value is -1.45. The van der Waals surface area contributed by atoms with Crippen LogP contribution in [0.25, 0.3) is 10.9 Å². The fourth-order valence-electron chi connectivity index (χ4n) is 1.99. The largest absolute Gasteiger partial charge is 0.418 e. The Bertz CT molecular complexity index is 525. The normalized spacial score (nSPS) is 14.2. The number of halogens is 3. The summed E-state index contributed by atoms with van der Waals surface area (Å²) in [4.78, 5) is 0. The van der Waals surface area contributed by atoms with Gasteiger partial charge in [-0.15, -0.1) is 0 Å². The van der Waals surface area contributed by atoms with Crippen LogP contribution in [0.4, 0.5) is 13.2 Å². The summed E-state index contributed by atoms with van der Waals surface area (Å²) in [5.74, 6) is 0. The van der Waals surface area contributed by atoms with Gasteiger partial charge in [0.05, 0.1) is 5.56 Å². The zero-order chi connectivity index (χ0) is 12.6. The molecule has 0 N–H and O–H groups in total. The van der Waals surface area contributed by atoms with Crippen LogP contribution in [0.15, 0.2) is 30.5 Å². The molecular weight excluding hydrogens is 227 g/mol. The molecule has 1 nitrogen and oxygen atoms in total. The molecule has 0 saturated heterocycles. The van der Waals surface area contributed by atoms with Gasteiger partial charge < -0.3 is 4.57 Å². The van der Waals surface area contributed by atoms with Crippen LogP contribution in [0, 0.1) is 0 Å². The molecule has 2 aromatic rings. The number of nitrogens with zero attached hydrogens (tertiary/aromatic N) is 1. The quantitative estimate of drug-likeness (QED) is 0.722. The Balaban J connectivity index is 2.71. The van der Waals surface area contributed by atoms with Crippen LogP contribution in [0.3, 0.4) is 0 Å². The zero-order valence-corrected chi connectivity index (χ0v) is 9.75. The minimum Gasteiger partial charge on any atom is -0.344 e. The highest BCUT2D eigenvalue weighted by molar-refractivity contribution is 5.84. The Morgan fingerprint density at radius 3 is 2.47 bits per heavy atom. The Morgan fingerprint density at radius 1 is 1.24 bits per heavy atom. The number of aromatic nitrogens is 1. The maximum absolute atomic E-state index is 12.9. The summed E-state index contributed by atoms with van der Waals surface area (Å²) in [5, 5.41) is 0.278. The van der Waals surface area contributed by atoms with Gasteiger partial charge in [0.1, 0.15) is 0 Å². The third-order valence-corrected chi connectivity index (χ3v) is 3.11. The highest BCUT2D eigenvalue weighted by atomic mass is 19.4. The van der Waals surface area contributed by atoms with Crippen LogP contribution in [0.5, 0.6) is 0 Å². The lowest BCUT2D eigenvalue weighted by Gasteiger charge is -2.12. The molecule has 2 rings (SSSR count). The van der Waals surface area contributed by atoms with E-state index in [1.807, 2.05) is 13.8 Å². The number of hydrogen-bond donors (Lipinski definition) is 0. The van der Waals surface area contributed by atoms with Gasteiger partial charge in [-0.1, -0.05) is 25.1 Å². The van der Waals surface area contributed by atoms with Crippen LogP contribution in [-0.2, 0) is 6.18 Å². The van der Waals surface area contributed by atoms with E-state index in [9.17, 15) is 13.2 Å². The molecule has 0 fully saturated rings. The molecule has 0 spiro atoms. The third kappa shape index (κ3) is 2.04. The highest BCUT2D eigenvalue weighted by Gasteiger charge is 2.34. The predicted octanol–water partition coefficient (Wildman–Crippen LogP) is 4.63. The van der Waals surface area contributed by atoms with Crippen molar-refractivity contribution < 1.29 is 13.2 Å². The van der Waals surface area contributed by atoms with Crippen LogP contribution < -0.4 is 0 Å². The minimum absolute atomic E-state index is 0.0657. The number of benzene rings is 1. The van der Waals surface area contributed by atoms with Crippen LogP contribution in [0.1, 0.15) is 31.9 Å². The van der Waals surface area contributed by atoms with Crippen molar-refractivity contribution in [3.8, 4) is 0 Å². The van der Waals surface area contributed by atoms with Crippen molar-refractivity contribution in [2.75, 3.05) is 0 Å². The number of para-hydroxylation sites is 1. The molecule has 0 bridgehead atoms. The van der Waals surface area contributed by atoms with E-state index in [2.05, 4.69) is 0 Å². The van der Waals surface area contributed by atoms with Gasteiger partial charge in [-0.25, -0.2) is 0 Å². The predicted molar refractivity (Wildman–Crippen MR) is 61.9 cm³/mol. The van der Waals surface area contributed by atoms with Gasteiger partial charge in [-0.05, 0) is 19.4 Å². The average Bonchev–Trinajstić information content (AvgIpc) is 2.67. The minimum atomic E-state index is -4.29. The monoisotopic (exact) mass is 241 g/mol. The van der Waals surface area contributed by atoms with Crippen molar-refractivity contribution in [1.82, 2.24) is 4.57 Å². The Morgan fingerprint density at radius 2 is 1.88 bits per heavy atom. The number of rotatable bonds is 2. The summed E-state index contributed by atoms with van der Waals surface area (Å²) < 4.78 is 40.4. The number of hydrogen-bond acceptors (Lipinski definition) is 0. The summed E-state index contributed by atoms with van der Waals surface area (Å²) in [5.41, 5.74) is 0.0996. The van der Waals surface area contributed by atoms with E-state index in [-0.39, 0.29) is 11.4 Å². The van der Waals surface area contributed by atoms with E-state index in [1.165, 1.54) is 12.3 Å². The van der Waals surface area contributed by atoms with Crippen LogP contribution >= 0.6 is 0 Å². The molecule has 1 atom stereocenters. The number of alkyl halides is 3. The second kappa shape index (κ2) is 4.09. The van der Waals surface area contributed by atoms with Crippen molar-refractivity contribution in [3.63, 3.8) is 0 Å². The summed E-state index contributed by atoms with van der Waals surface area (Å²) in [6.45, 7) is 3.89. The molecule has 1 unspecified atom stereocenters. The van der Waals surface area contributed by atoms with Gasteiger partial charge in [0.25, 0.3) is 0 Å². The van der Waals surface area contributed by atoms with E-state index in [0.717, 1.165) is 6.42 Å². The molecule has 4 heteroatoms. The van der Waals surface area contributed by atoms with Crippen molar-refractivity contribution in [2.45, 2.75) is 32.5 Å². The van der Waals surface area contributed by atoms with E-state index in [4.69, 9.17) is 0 Å². The third-order valence-electron chi connectivity index (χ3n) is 3.11. The Kier molecular flexibility index (Phi) is 2.89. The molecule has 0 amide bonds. The Labute approximate surface area is 97.9 Å². The van der Waals surface area contributed by atoms with Gasteiger partial charge in [-0.3, -0.25) is 0 Å². The maximum Gasteiger partial charge on any atom is 0.418 e. The topological polar surface area (TPSA) is 4.93 Å². The summed E-state index contributed by atoms with van der Waals surface area (Å²) in [6, 6.07) is 6.73. The molecule has 1 aromatic carbocycles. The van der Waals surface area contributed by atoms with Gasteiger partial charge >= 0.3 is 6.18 Å². The average molecular weight is 241 g/mol. The molecule has 0 aliphatic rings. The molecule has 17 heavy (non-hydrogen) atoms. The summed E-state index contributed by atoms with van der Waals surface area (Å²) >= 11 is 0. The maximum atomic E-state index is 12.9. The lowest BCUT2D eigenvalue weighted by molar-refractivity contribution is -0.136. The van der Waals surface area contributed by atoms with E-state index < -0.39 is 11.7 Å². The first kappa shape index (κ1) is 12.0. The van der Waals surface area contributed by atoms with Crippen molar-refractivity contribution in [2.24, 2.45) is 0 Å². The first-order valence-electron chi connectivity index (χ1n) is 5.62. The standard InChI is InChI=1S/C13H14F3N/c1-3-9(2)17-8-11(13(14,15)16)10-6-4-5-7-12(10)17/h4-9H,3H2,1-2H3. The molecule has 1 heterocycles. The van der Waals surface area contributed by atoms with Gasteiger partial charge in [0.15, 0.2) is 0 Å². The van der Waals surface area contributed by atoms with Crippen LogP contribution in [-0.4, -0.2) is 4.57 Å². The molecule has 0 saturated carbocycles. The fraction of sp³-hybridized carbons (Fsp3) is 0.385. The van der Waals surface area contributed by atoms with Crippen molar-refractivity contribution in [1.29, 1.82) is 0 Å². The van der Waals surface area contributed by atoms with Gasteiger partial charge in [0.2, 0.25) is 0 Å². The molecule has 92 valence electrons. The highest BCUT2D eigenvalue weighted by Crippen LogP contribution is 2.37. The summed E-state index contributed by atoms with van der Waals surface area (Å²) in [6.07, 6.45) is -2.27. The van der Waals surface area contributed by atoms with Crippen LogP contribution in [0.2, 0.25) is 0 Å². The number of fused-ring (bicyclic) bond motifs is 1.